The van der Waals surface area contributed by atoms with Crippen molar-refractivity contribution >= 4 is 0 Å². The van der Waals surface area contributed by atoms with Gasteiger partial charge in [-0.15, -0.1) is 0 Å². The van der Waals surface area contributed by atoms with Crippen LogP contribution in [0.25, 0.3) is 0 Å². The molecule has 0 aromatic heterocycles. The molecule has 45 valence electrons. The van der Waals surface area contributed by atoms with Crippen LogP contribution < -0.4 is 23.5 Å². The summed E-state index contributed by atoms with van der Waals surface area (Å²) in [6.45, 7) is 0. The molecular formula is EuF5Y. The van der Waals surface area contributed by atoms with E-state index in [0.717, 1.165) is 0 Å². The molecule has 0 amide bonds. The first kappa shape index (κ1) is 119. The second-order valence-electron chi connectivity index (χ2n) is 0. The second-order valence-corrected chi connectivity index (χ2v) is 0. The van der Waals surface area contributed by atoms with Crippen molar-refractivity contribution in [1.82, 2.24) is 0 Å². The van der Waals surface area contributed by atoms with Crippen LogP contribution in [0.15, 0.2) is 0 Å². The maximum absolute atomic E-state index is 0. The summed E-state index contributed by atoms with van der Waals surface area (Å²) in [6, 6.07) is 0. The maximum atomic E-state index is 0. The Morgan fingerprint density at radius 3 is 0.429 bits per heavy atom. The predicted molar refractivity (Wildman–Crippen MR) is 0 cm³/mol. The molecule has 0 bridgehead atoms. The van der Waals surface area contributed by atoms with Crippen molar-refractivity contribution in [3.8, 4) is 0 Å². The molecule has 0 spiro atoms. The van der Waals surface area contributed by atoms with Crippen LogP contribution in [0.5, 0.6) is 0 Å². The van der Waals surface area contributed by atoms with E-state index in [4.69, 9.17) is 0 Å². The van der Waals surface area contributed by atoms with Gasteiger partial charge in [-0.1, -0.05) is 0 Å². The topological polar surface area (TPSA) is 0 Å². The van der Waals surface area contributed by atoms with Crippen LogP contribution in [0.4, 0.5) is 0 Å². The monoisotopic (exact) mass is 337 g/mol. The van der Waals surface area contributed by atoms with Crippen molar-refractivity contribution in [2.75, 3.05) is 0 Å². The molecule has 0 aliphatic carbocycles. The molecule has 7 heteroatoms. The Morgan fingerprint density at radius 1 is 0.429 bits per heavy atom. The van der Waals surface area contributed by atoms with E-state index in [1.54, 1.807) is 0 Å². The molecule has 0 aliphatic heterocycles. The smallest absolute Gasteiger partial charge is 1.00 e. The van der Waals surface area contributed by atoms with Crippen LogP contribution >= 0.6 is 0 Å². The van der Waals surface area contributed by atoms with E-state index in [1.807, 2.05) is 0 Å². The Hall–Kier alpha value is 2.34. The summed E-state index contributed by atoms with van der Waals surface area (Å²) >= 11 is 0. The van der Waals surface area contributed by atoms with E-state index in [-0.39, 0.29) is 106 Å². The van der Waals surface area contributed by atoms with Gasteiger partial charge in [-0.2, -0.15) is 0 Å². The zero-order valence-electron chi connectivity index (χ0n) is 2.85. The van der Waals surface area contributed by atoms with Gasteiger partial charge in [-0.25, -0.2) is 0 Å². The van der Waals surface area contributed by atoms with Crippen molar-refractivity contribution in [1.29, 1.82) is 0 Å². The molecule has 0 rings (SSSR count). The number of hydrogen-bond donors (Lipinski definition) is 0. The average molecular weight is 336 g/mol. The molecule has 0 fully saturated rings. The van der Waals surface area contributed by atoms with Crippen molar-refractivity contribution in [3.05, 3.63) is 0 Å². The van der Waals surface area contributed by atoms with Crippen molar-refractivity contribution < 1.29 is 106 Å². The van der Waals surface area contributed by atoms with Gasteiger partial charge in [0.15, 0.2) is 0 Å². The minimum Gasteiger partial charge on any atom is -1.00 e. The van der Waals surface area contributed by atoms with Crippen molar-refractivity contribution in [2.24, 2.45) is 0 Å². The van der Waals surface area contributed by atoms with Crippen LogP contribution in [-0.2, 0) is 32.7 Å². The molecule has 0 unspecified atom stereocenters. The van der Waals surface area contributed by atoms with Crippen LogP contribution in [-0.4, -0.2) is 0 Å². The van der Waals surface area contributed by atoms with Gasteiger partial charge in [0.25, 0.3) is 0 Å². The fourth-order valence-corrected chi connectivity index (χ4v) is 0. The normalized spacial score (nSPS) is 0. The Bertz CT molecular complexity index is 8.04. The van der Waals surface area contributed by atoms with Gasteiger partial charge in [-0.05, 0) is 0 Å². The molecule has 0 atom stereocenters. The molecule has 0 aromatic carbocycles. The van der Waals surface area contributed by atoms with E-state index in [9.17, 15) is 0 Å². The largest absolute Gasteiger partial charge is 3.00 e. The summed E-state index contributed by atoms with van der Waals surface area (Å²) in [4.78, 5) is 0. The Balaban J connectivity index is 0. The van der Waals surface area contributed by atoms with Crippen LogP contribution in [0.3, 0.4) is 0 Å². The van der Waals surface area contributed by atoms with Crippen LogP contribution in [0.2, 0.25) is 0 Å². The van der Waals surface area contributed by atoms with Gasteiger partial charge < -0.3 is 23.5 Å². The second kappa shape index (κ2) is 82.1. The Labute approximate surface area is 103 Å². The molecule has 0 aromatic rings. The minimum absolute atomic E-state index is 0. The molecule has 0 aliphatic rings. The zero-order chi connectivity index (χ0) is 0. The van der Waals surface area contributed by atoms with Crippen molar-refractivity contribution in [3.63, 3.8) is 0 Å². The molecule has 0 saturated heterocycles. The molecular weight excluding hydrogens is 336 g/mol. The van der Waals surface area contributed by atoms with Gasteiger partial charge in [0.05, 0.1) is 0 Å². The standard InChI is InChI=1S/Eu.5FH.Y/h;5*1H;/q+2;;;;;;+3/p-5. The minimum atomic E-state index is 0. The number of halogens is 5. The molecule has 0 N–H and O–H groups in total. The summed E-state index contributed by atoms with van der Waals surface area (Å²) < 4.78 is 0. The summed E-state index contributed by atoms with van der Waals surface area (Å²) in [5.41, 5.74) is 0. The van der Waals surface area contributed by atoms with E-state index >= 15 is 0 Å². The number of rotatable bonds is 0. The van der Waals surface area contributed by atoms with E-state index in [2.05, 4.69) is 0 Å². The van der Waals surface area contributed by atoms with Crippen molar-refractivity contribution in [2.45, 2.75) is 0 Å². The average Bonchev–Trinajstić information content (AvgIpc) is 0. The third kappa shape index (κ3) is 61.3. The predicted octanol–water partition coefficient (Wildman–Crippen LogP) is -15.0. The molecule has 0 saturated carbocycles. The quantitative estimate of drug-likeness (QED) is 0.386. The third-order valence-electron chi connectivity index (χ3n) is 0. The third-order valence-corrected chi connectivity index (χ3v) is 0. The summed E-state index contributed by atoms with van der Waals surface area (Å²) in [5.74, 6) is 0. The summed E-state index contributed by atoms with van der Waals surface area (Å²) in [5, 5.41) is 0. The zero-order valence-corrected chi connectivity index (χ0v) is 8.11. The van der Waals surface area contributed by atoms with Gasteiger partial charge in [0.1, 0.15) is 0 Å². The first-order valence-electron chi connectivity index (χ1n) is 0. The van der Waals surface area contributed by atoms with E-state index in [0.29, 0.717) is 0 Å². The van der Waals surface area contributed by atoms with Gasteiger partial charge in [-0.3, -0.25) is 0 Å². The Morgan fingerprint density at radius 2 is 0.429 bits per heavy atom. The summed E-state index contributed by atoms with van der Waals surface area (Å²) in [6.07, 6.45) is 0. The first-order valence-corrected chi connectivity index (χ1v) is 0. The molecule has 0 heterocycles. The van der Waals surface area contributed by atoms with E-state index in [1.165, 1.54) is 0 Å². The SMILES string of the molecule is [Eu+2].[F-].[F-].[F-].[F-].[F-].[Y+3]. The maximum Gasteiger partial charge on any atom is 3.00 e. The summed E-state index contributed by atoms with van der Waals surface area (Å²) in [7, 11) is 0. The number of hydrogen-bond acceptors (Lipinski definition) is 0. The van der Waals surface area contributed by atoms with Crippen LogP contribution in [0, 0.1) is 49.4 Å². The fourth-order valence-electron chi connectivity index (χ4n) is 0. The van der Waals surface area contributed by atoms with Gasteiger partial charge in [0, 0.05) is 0 Å². The molecule has 1 radical (unpaired) electrons. The fraction of sp³-hybridized carbons (Fsp3) is 0. The first-order chi connectivity index (χ1) is 0. The molecule has 0 nitrogen and oxygen atoms in total. The van der Waals surface area contributed by atoms with E-state index < -0.39 is 0 Å². The van der Waals surface area contributed by atoms with Crippen LogP contribution in [0.1, 0.15) is 0 Å². The Kier molecular flexibility index (Phi) is 1390. The molecule has 7 heavy (non-hydrogen) atoms. The van der Waals surface area contributed by atoms with Gasteiger partial charge in [0.2, 0.25) is 0 Å². The van der Waals surface area contributed by atoms with Gasteiger partial charge >= 0.3 is 82.1 Å².